The van der Waals surface area contributed by atoms with Crippen molar-refractivity contribution in [2.24, 2.45) is 11.7 Å². The Kier molecular flexibility index (Phi) is 5.18. The fourth-order valence-electron chi connectivity index (χ4n) is 2.83. The van der Waals surface area contributed by atoms with Gasteiger partial charge in [-0.05, 0) is 29.9 Å². The van der Waals surface area contributed by atoms with E-state index in [-0.39, 0.29) is 11.8 Å². The molecule has 4 nitrogen and oxygen atoms in total. The molecule has 0 radical (unpaired) electrons. The van der Waals surface area contributed by atoms with Crippen LogP contribution in [0.2, 0.25) is 0 Å². The summed E-state index contributed by atoms with van der Waals surface area (Å²) in [6, 6.07) is 7.55. The third-order valence-electron chi connectivity index (χ3n) is 3.90. The molecule has 2 rings (SSSR count). The summed E-state index contributed by atoms with van der Waals surface area (Å²) in [6.45, 7) is 2.66. The molecule has 2 atom stereocenters. The molecule has 0 spiro atoms. The summed E-state index contributed by atoms with van der Waals surface area (Å²) >= 11 is 0. The van der Waals surface area contributed by atoms with E-state index in [1.54, 1.807) is 0 Å². The lowest BCUT2D eigenvalue weighted by Crippen LogP contribution is -2.38. The van der Waals surface area contributed by atoms with Crippen LogP contribution in [0.1, 0.15) is 43.7 Å². The molecule has 1 aromatic rings. The summed E-state index contributed by atoms with van der Waals surface area (Å²) in [5.74, 6) is 0.656. The molecule has 0 amide bonds. The van der Waals surface area contributed by atoms with Crippen molar-refractivity contribution in [3.8, 4) is 0 Å². The summed E-state index contributed by atoms with van der Waals surface area (Å²) in [5, 5.41) is 0. The van der Waals surface area contributed by atoms with Crippen molar-refractivity contribution in [1.29, 1.82) is 0 Å². The standard InChI is InChI=1S/C15H24N2O2S/c1-12-3-2-4-15(9-12)17-20(18,19)11-14-7-5-13(10-16)6-8-14/h5-8,12,15,17H,2-4,9-11,16H2,1H3. The van der Waals surface area contributed by atoms with Gasteiger partial charge in [-0.3, -0.25) is 0 Å². The smallest absolute Gasteiger partial charge is 0.216 e. The molecule has 0 aromatic heterocycles. The number of sulfonamides is 1. The minimum Gasteiger partial charge on any atom is -0.326 e. The van der Waals surface area contributed by atoms with Crippen molar-refractivity contribution in [1.82, 2.24) is 4.72 Å². The molecule has 112 valence electrons. The lowest BCUT2D eigenvalue weighted by molar-refractivity contribution is 0.327. The average Bonchev–Trinajstić information content (AvgIpc) is 2.38. The van der Waals surface area contributed by atoms with E-state index in [0.29, 0.717) is 12.5 Å². The van der Waals surface area contributed by atoms with Crippen molar-refractivity contribution in [3.05, 3.63) is 35.4 Å². The zero-order chi connectivity index (χ0) is 14.6. The monoisotopic (exact) mass is 296 g/mol. The Morgan fingerprint density at radius 1 is 1.20 bits per heavy atom. The van der Waals surface area contributed by atoms with Crippen LogP contribution in [-0.4, -0.2) is 14.5 Å². The van der Waals surface area contributed by atoms with E-state index < -0.39 is 10.0 Å². The maximum absolute atomic E-state index is 12.2. The third kappa shape index (κ3) is 4.58. The van der Waals surface area contributed by atoms with E-state index in [9.17, 15) is 8.42 Å². The van der Waals surface area contributed by atoms with Gasteiger partial charge in [-0.15, -0.1) is 0 Å². The zero-order valence-electron chi connectivity index (χ0n) is 12.0. The van der Waals surface area contributed by atoms with Crippen LogP contribution in [0.15, 0.2) is 24.3 Å². The van der Waals surface area contributed by atoms with Crippen LogP contribution in [0.25, 0.3) is 0 Å². The van der Waals surface area contributed by atoms with Gasteiger partial charge in [-0.25, -0.2) is 13.1 Å². The molecule has 1 saturated carbocycles. The Balaban J connectivity index is 1.95. The summed E-state index contributed by atoms with van der Waals surface area (Å²) < 4.78 is 27.2. The minimum absolute atomic E-state index is 0.0444. The molecule has 1 fully saturated rings. The Morgan fingerprint density at radius 3 is 2.45 bits per heavy atom. The van der Waals surface area contributed by atoms with Gasteiger partial charge in [0, 0.05) is 12.6 Å². The second kappa shape index (κ2) is 6.70. The van der Waals surface area contributed by atoms with Crippen LogP contribution in [0.5, 0.6) is 0 Å². The third-order valence-corrected chi connectivity index (χ3v) is 5.30. The van der Waals surface area contributed by atoms with Crippen molar-refractivity contribution in [2.75, 3.05) is 0 Å². The number of hydrogen-bond donors (Lipinski definition) is 2. The highest BCUT2D eigenvalue weighted by molar-refractivity contribution is 7.88. The van der Waals surface area contributed by atoms with Crippen LogP contribution in [-0.2, 0) is 22.3 Å². The van der Waals surface area contributed by atoms with Crippen LogP contribution >= 0.6 is 0 Å². The molecule has 1 aliphatic carbocycles. The molecule has 0 bridgehead atoms. The van der Waals surface area contributed by atoms with Gasteiger partial charge in [0.25, 0.3) is 0 Å². The average molecular weight is 296 g/mol. The largest absolute Gasteiger partial charge is 0.326 e. The van der Waals surface area contributed by atoms with Crippen molar-refractivity contribution >= 4 is 10.0 Å². The minimum atomic E-state index is -3.26. The number of benzene rings is 1. The molecule has 1 aromatic carbocycles. The second-order valence-electron chi connectivity index (χ2n) is 5.87. The molecule has 20 heavy (non-hydrogen) atoms. The predicted octanol–water partition coefficient (Wildman–Crippen LogP) is 2.14. The molecular weight excluding hydrogens is 272 g/mol. The molecule has 0 aliphatic heterocycles. The molecule has 3 N–H and O–H groups in total. The Bertz CT molecular complexity index is 525. The zero-order valence-corrected chi connectivity index (χ0v) is 12.8. The molecule has 2 unspecified atom stereocenters. The van der Waals surface area contributed by atoms with E-state index in [4.69, 9.17) is 5.73 Å². The molecule has 5 heteroatoms. The summed E-state index contributed by atoms with van der Waals surface area (Å²) in [7, 11) is -3.26. The maximum Gasteiger partial charge on any atom is 0.216 e. The van der Waals surface area contributed by atoms with E-state index in [2.05, 4.69) is 11.6 Å². The van der Waals surface area contributed by atoms with Gasteiger partial charge < -0.3 is 5.73 Å². The second-order valence-corrected chi connectivity index (χ2v) is 7.62. The lowest BCUT2D eigenvalue weighted by atomic mass is 9.88. The maximum atomic E-state index is 12.2. The quantitative estimate of drug-likeness (QED) is 0.874. The highest BCUT2D eigenvalue weighted by Crippen LogP contribution is 2.24. The van der Waals surface area contributed by atoms with Gasteiger partial charge in [-0.1, -0.05) is 44.0 Å². The molecular formula is C15H24N2O2S. The topological polar surface area (TPSA) is 72.2 Å². The molecule has 0 saturated heterocycles. The van der Waals surface area contributed by atoms with E-state index >= 15 is 0 Å². The van der Waals surface area contributed by atoms with E-state index in [1.807, 2.05) is 24.3 Å². The first kappa shape index (κ1) is 15.5. The normalized spacial score (nSPS) is 23.7. The van der Waals surface area contributed by atoms with Gasteiger partial charge in [0.05, 0.1) is 5.75 Å². The first-order valence-electron chi connectivity index (χ1n) is 7.26. The van der Waals surface area contributed by atoms with E-state index in [1.165, 1.54) is 6.42 Å². The van der Waals surface area contributed by atoms with Crippen molar-refractivity contribution in [3.63, 3.8) is 0 Å². The highest BCUT2D eigenvalue weighted by atomic mass is 32.2. The predicted molar refractivity (Wildman–Crippen MR) is 81.5 cm³/mol. The molecule has 1 aliphatic rings. The lowest BCUT2D eigenvalue weighted by Gasteiger charge is -2.27. The van der Waals surface area contributed by atoms with Gasteiger partial charge in [0.2, 0.25) is 10.0 Å². The van der Waals surface area contributed by atoms with E-state index in [0.717, 1.165) is 30.4 Å². The van der Waals surface area contributed by atoms with Crippen LogP contribution in [0, 0.1) is 5.92 Å². The van der Waals surface area contributed by atoms with Crippen molar-refractivity contribution < 1.29 is 8.42 Å². The SMILES string of the molecule is CC1CCCC(NS(=O)(=O)Cc2ccc(CN)cc2)C1. The van der Waals surface area contributed by atoms with Crippen molar-refractivity contribution in [2.45, 2.75) is 50.9 Å². The number of nitrogens with one attached hydrogen (secondary N) is 1. The van der Waals surface area contributed by atoms with Crippen LogP contribution < -0.4 is 10.5 Å². The van der Waals surface area contributed by atoms with Crippen LogP contribution in [0.3, 0.4) is 0 Å². The number of hydrogen-bond acceptors (Lipinski definition) is 3. The van der Waals surface area contributed by atoms with Gasteiger partial charge in [0.15, 0.2) is 0 Å². The number of nitrogens with two attached hydrogens (primary N) is 1. The highest BCUT2D eigenvalue weighted by Gasteiger charge is 2.23. The van der Waals surface area contributed by atoms with Gasteiger partial charge in [-0.2, -0.15) is 0 Å². The van der Waals surface area contributed by atoms with Crippen LogP contribution in [0.4, 0.5) is 0 Å². The summed E-state index contributed by atoms with van der Waals surface area (Å²) in [6.07, 6.45) is 4.22. The van der Waals surface area contributed by atoms with Gasteiger partial charge in [0.1, 0.15) is 0 Å². The first-order chi connectivity index (χ1) is 9.48. The Hall–Kier alpha value is -0.910. The Morgan fingerprint density at radius 2 is 1.85 bits per heavy atom. The van der Waals surface area contributed by atoms with Gasteiger partial charge >= 0.3 is 0 Å². The summed E-state index contributed by atoms with van der Waals surface area (Å²) in [4.78, 5) is 0. The summed E-state index contributed by atoms with van der Waals surface area (Å²) in [5.41, 5.74) is 7.35. The fourth-order valence-corrected chi connectivity index (χ4v) is 4.26. The first-order valence-corrected chi connectivity index (χ1v) is 8.91. The Labute approximate surface area is 121 Å². The number of rotatable bonds is 5. The molecule has 0 heterocycles. The fraction of sp³-hybridized carbons (Fsp3) is 0.600.